The molecule has 0 rings (SSSR count). The number of ether oxygens (including phenoxy) is 1. The largest absolute Gasteiger partial charge is 0.380 e. The first-order valence-electron chi connectivity index (χ1n) is 8.66. The van der Waals surface area contributed by atoms with Gasteiger partial charge < -0.3 is 10.1 Å². The van der Waals surface area contributed by atoms with Gasteiger partial charge in [0.15, 0.2) is 0 Å². The SMILES string of the molecule is CCCCCCCCCCC(COCC)NCCC. The molecule has 0 spiro atoms. The molecular formula is C17H37NO. The maximum Gasteiger partial charge on any atom is 0.0619 e. The first kappa shape index (κ1) is 18.9. The number of rotatable bonds is 15. The molecule has 0 aromatic carbocycles. The van der Waals surface area contributed by atoms with Crippen LogP contribution in [-0.2, 0) is 4.74 Å². The normalized spacial score (nSPS) is 12.8. The maximum absolute atomic E-state index is 5.55. The fraction of sp³-hybridized carbons (Fsp3) is 1.00. The summed E-state index contributed by atoms with van der Waals surface area (Å²) >= 11 is 0. The van der Waals surface area contributed by atoms with Crippen LogP contribution in [0.1, 0.15) is 85.0 Å². The van der Waals surface area contributed by atoms with Crippen molar-refractivity contribution in [1.29, 1.82) is 0 Å². The Morgan fingerprint density at radius 2 is 1.42 bits per heavy atom. The maximum atomic E-state index is 5.55. The summed E-state index contributed by atoms with van der Waals surface area (Å²) in [6, 6.07) is 0.569. The zero-order valence-corrected chi connectivity index (χ0v) is 13.7. The summed E-state index contributed by atoms with van der Waals surface area (Å²) in [5.41, 5.74) is 0. The molecule has 0 aliphatic carbocycles. The lowest BCUT2D eigenvalue weighted by atomic mass is 10.0. The van der Waals surface area contributed by atoms with Gasteiger partial charge in [0, 0.05) is 12.6 Å². The van der Waals surface area contributed by atoms with E-state index in [2.05, 4.69) is 26.1 Å². The van der Waals surface area contributed by atoms with Gasteiger partial charge in [-0.2, -0.15) is 0 Å². The molecule has 0 fully saturated rings. The highest BCUT2D eigenvalue weighted by molar-refractivity contribution is 4.66. The second-order valence-corrected chi connectivity index (χ2v) is 5.57. The van der Waals surface area contributed by atoms with Crippen LogP contribution in [0.25, 0.3) is 0 Å². The van der Waals surface area contributed by atoms with Gasteiger partial charge in [0.1, 0.15) is 0 Å². The highest BCUT2D eigenvalue weighted by Gasteiger charge is 2.06. The zero-order chi connectivity index (χ0) is 14.2. The number of hydrogen-bond acceptors (Lipinski definition) is 2. The summed E-state index contributed by atoms with van der Waals surface area (Å²) in [4.78, 5) is 0. The van der Waals surface area contributed by atoms with E-state index in [-0.39, 0.29) is 0 Å². The minimum absolute atomic E-state index is 0.569. The van der Waals surface area contributed by atoms with Crippen LogP contribution in [0.2, 0.25) is 0 Å². The number of hydrogen-bond donors (Lipinski definition) is 1. The molecule has 1 N–H and O–H groups in total. The summed E-state index contributed by atoms with van der Waals surface area (Å²) in [5, 5.41) is 3.60. The van der Waals surface area contributed by atoms with Gasteiger partial charge in [-0.15, -0.1) is 0 Å². The Morgan fingerprint density at radius 1 is 0.789 bits per heavy atom. The molecule has 0 aromatic heterocycles. The van der Waals surface area contributed by atoms with E-state index in [1.54, 1.807) is 0 Å². The lowest BCUT2D eigenvalue weighted by molar-refractivity contribution is 0.119. The van der Waals surface area contributed by atoms with E-state index in [1.165, 1.54) is 64.2 Å². The standard InChI is InChI=1S/C17H37NO/c1-4-7-8-9-10-11-12-13-14-17(16-19-6-3)18-15-5-2/h17-18H,4-16H2,1-3H3. The van der Waals surface area contributed by atoms with Crippen LogP contribution in [0.3, 0.4) is 0 Å². The average Bonchev–Trinajstić information content (AvgIpc) is 2.43. The second-order valence-electron chi connectivity index (χ2n) is 5.57. The molecule has 0 aromatic rings. The lowest BCUT2D eigenvalue weighted by Gasteiger charge is -2.18. The fourth-order valence-corrected chi connectivity index (χ4v) is 2.38. The summed E-state index contributed by atoms with van der Waals surface area (Å²) in [5.74, 6) is 0. The first-order chi connectivity index (χ1) is 9.35. The van der Waals surface area contributed by atoms with Gasteiger partial charge in [-0.25, -0.2) is 0 Å². The van der Waals surface area contributed by atoms with Crippen LogP contribution < -0.4 is 5.32 Å². The molecule has 1 unspecified atom stereocenters. The van der Waals surface area contributed by atoms with Crippen molar-refractivity contribution in [2.45, 2.75) is 91.0 Å². The molecular weight excluding hydrogens is 234 g/mol. The Balaban J connectivity index is 3.40. The molecule has 19 heavy (non-hydrogen) atoms. The highest BCUT2D eigenvalue weighted by atomic mass is 16.5. The smallest absolute Gasteiger partial charge is 0.0619 e. The van der Waals surface area contributed by atoms with E-state index in [9.17, 15) is 0 Å². The number of unbranched alkanes of at least 4 members (excludes halogenated alkanes) is 7. The van der Waals surface area contributed by atoms with Gasteiger partial charge in [-0.05, 0) is 26.3 Å². The fourth-order valence-electron chi connectivity index (χ4n) is 2.38. The third-order valence-electron chi connectivity index (χ3n) is 3.61. The Hall–Kier alpha value is -0.0800. The predicted octanol–water partition coefficient (Wildman–Crippen LogP) is 4.92. The summed E-state index contributed by atoms with van der Waals surface area (Å²) in [7, 11) is 0. The van der Waals surface area contributed by atoms with Gasteiger partial charge in [0.05, 0.1) is 6.61 Å². The zero-order valence-electron chi connectivity index (χ0n) is 13.7. The van der Waals surface area contributed by atoms with E-state index < -0.39 is 0 Å². The van der Waals surface area contributed by atoms with E-state index in [0.717, 1.165) is 19.8 Å². The van der Waals surface area contributed by atoms with Gasteiger partial charge in [-0.3, -0.25) is 0 Å². The molecule has 0 bridgehead atoms. The molecule has 1 atom stereocenters. The summed E-state index contributed by atoms with van der Waals surface area (Å²) in [6.07, 6.45) is 13.7. The van der Waals surface area contributed by atoms with Gasteiger partial charge >= 0.3 is 0 Å². The molecule has 2 nitrogen and oxygen atoms in total. The van der Waals surface area contributed by atoms with Gasteiger partial charge in [-0.1, -0.05) is 65.2 Å². The molecule has 2 heteroatoms. The first-order valence-corrected chi connectivity index (χ1v) is 8.66. The minimum atomic E-state index is 0.569. The third kappa shape index (κ3) is 14.1. The van der Waals surface area contributed by atoms with Crippen LogP contribution in [0.4, 0.5) is 0 Å². The van der Waals surface area contributed by atoms with Crippen molar-refractivity contribution in [2.75, 3.05) is 19.8 Å². The molecule has 0 saturated heterocycles. The van der Waals surface area contributed by atoms with E-state index >= 15 is 0 Å². The summed E-state index contributed by atoms with van der Waals surface area (Å²) < 4.78 is 5.55. The Labute approximate surface area is 121 Å². The Kier molecular flexibility index (Phi) is 15.9. The van der Waals surface area contributed by atoms with E-state index in [1.807, 2.05) is 0 Å². The van der Waals surface area contributed by atoms with Crippen molar-refractivity contribution in [2.24, 2.45) is 0 Å². The van der Waals surface area contributed by atoms with Gasteiger partial charge in [0.25, 0.3) is 0 Å². The molecule has 0 amide bonds. The second kappa shape index (κ2) is 16.0. The highest BCUT2D eigenvalue weighted by Crippen LogP contribution is 2.10. The summed E-state index contributed by atoms with van der Waals surface area (Å²) in [6.45, 7) is 9.42. The average molecular weight is 271 g/mol. The van der Waals surface area contributed by atoms with Crippen molar-refractivity contribution >= 4 is 0 Å². The van der Waals surface area contributed by atoms with Crippen molar-refractivity contribution in [3.8, 4) is 0 Å². The quantitative estimate of drug-likeness (QED) is 0.427. The Morgan fingerprint density at radius 3 is 2.00 bits per heavy atom. The van der Waals surface area contributed by atoms with Crippen LogP contribution in [0.5, 0.6) is 0 Å². The minimum Gasteiger partial charge on any atom is -0.380 e. The molecule has 0 saturated carbocycles. The number of nitrogens with one attached hydrogen (secondary N) is 1. The predicted molar refractivity (Wildman–Crippen MR) is 85.8 cm³/mol. The topological polar surface area (TPSA) is 21.3 Å². The third-order valence-corrected chi connectivity index (χ3v) is 3.61. The molecule has 116 valence electrons. The molecule has 0 heterocycles. The van der Waals surface area contributed by atoms with Crippen molar-refractivity contribution < 1.29 is 4.74 Å². The van der Waals surface area contributed by atoms with Crippen LogP contribution in [-0.4, -0.2) is 25.8 Å². The molecule has 0 aliphatic rings. The van der Waals surface area contributed by atoms with E-state index in [4.69, 9.17) is 4.74 Å². The van der Waals surface area contributed by atoms with Crippen LogP contribution in [0.15, 0.2) is 0 Å². The van der Waals surface area contributed by atoms with Crippen LogP contribution in [0, 0.1) is 0 Å². The molecule has 0 aliphatic heterocycles. The van der Waals surface area contributed by atoms with Crippen molar-refractivity contribution in [3.63, 3.8) is 0 Å². The Bertz CT molecular complexity index is 153. The van der Waals surface area contributed by atoms with Crippen molar-refractivity contribution in [1.82, 2.24) is 5.32 Å². The van der Waals surface area contributed by atoms with Crippen LogP contribution >= 0.6 is 0 Å². The van der Waals surface area contributed by atoms with Gasteiger partial charge in [0.2, 0.25) is 0 Å². The van der Waals surface area contributed by atoms with Crippen molar-refractivity contribution in [3.05, 3.63) is 0 Å². The van der Waals surface area contributed by atoms with E-state index in [0.29, 0.717) is 6.04 Å². The monoisotopic (exact) mass is 271 g/mol. The molecule has 0 radical (unpaired) electrons. The lowest BCUT2D eigenvalue weighted by Crippen LogP contribution is -2.34.